The quantitative estimate of drug-likeness (QED) is 0.749. The summed E-state index contributed by atoms with van der Waals surface area (Å²) in [6.45, 7) is 3.41. The van der Waals surface area contributed by atoms with Crippen LogP contribution in [-0.2, 0) is 4.79 Å². The number of hydrogen-bond donors (Lipinski definition) is 1. The molecule has 0 fully saturated rings. The Labute approximate surface area is 126 Å². The number of amides is 1. The minimum absolute atomic E-state index is 0.133. The highest BCUT2D eigenvalue weighted by atomic mass is 16.3. The van der Waals surface area contributed by atoms with E-state index >= 15 is 0 Å². The van der Waals surface area contributed by atoms with E-state index < -0.39 is 0 Å². The number of nitrogens with zero attached hydrogens (tertiary/aromatic N) is 3. The summed E-state index contributed by atoms with van der Waals surface area (Å²) in [6.07, 6.45) is 1.78. The SMILES string of the molecule is CC(=O)Nc1ccc(-c2nc3cc(C)ccn3c2N=O)cc1. The molecule has 1 aromatic carbocycles. The van der Waals surface area contributed by atoms with E-state index in [0.29, 0.717) is 17.0 Å². The van der Waals surface area contributed by atoms with Crippen LogP contribution in [0, 0.1) is 11.8 Å². The molecule has 1 N–H and O–H groups in total. The van der Waals surface area contributed by atoms with Crippen molar-refractivity contribution in [1.82, 2.24) is 9.38 Å². The van der Waals surface area contributed by atoms with Crippen molar-refractivity contribution in [3.8, 4) is 11.3 Å². The first-order chi connectivity index (χ1) is 10.6. The zero-order valence-electron chi connectivity index (χ0n) is 12.2. The summed E-state index contributed by atoms with van der Waals surface area (Å²) in [7, 11) is 0. The number of nitroso groups, excluding NO2 is 1. The van der Waals surface area contributed by atoms with Gasteiger partial charge in [-0.1, -0.05) is 12.1 Å². The van der Waals surface area contributed by atoms with E-state index in [1.165, 1.54) is 6.92 Å². The monoisotopic (exact) mass is 294 g/mol. The number of imidazole rings is 1. The number of carbonyl (C=O) groups excluding carboxylic acids is 1. The van der Waals surface area contributed by atoms with Crippen molar-refractivity contribution in [2.24, 2.45) is 5.18 Å². The molecule has 6 nitrogen and oxygen atoms in total. The van der Waals surface area contributed by atoms with Crippen LogP contribution >= 0.6 is 0 Å². The largest absolute Gasteiger partial charge is 0.326 e. The predicted octanol–water partition coefficient (Wildman–Crippen LogP) is 3.67. The fourth-order valence-electron chi connectivity index (χ4n) is 2.33. The average Bonchev–Trinajstić information content (AvgIpc) is 2.84. The Morgan fingerprint density at radius 1 is 1.23 bits per heavy atom. The highest BCUT2D eigenvalue weighted by Gasteiger charge is 2.14. The van der Waals surface area contributed by atoms with Gasteiger partial charge in [0.25, 0.3) is 0 Å². The molecule has 2 aromatic heterocycles. The summed E-state index contributed by atoms with van der Waals surface area (Å²) in [5.41, 5.74) is 3.72. The molecule has 0 saturated heterocycles. The maximum Gasteiger partial charge on any atom is 0.221 e. The number of rotatable bonds is 3. The minimum Gasteiger partial charge on any atom is -0.326 e. The molecule has 3 aromatic rings. The van der Waals surface area contributed by atoms with Crippen LogP contribution in [0.15, 0.2) is 47.8 Å². The molecule has 3 rings (SSSR count). The molecule has 6 heteroatoms. The predicted molar refractivity (Wildman–Crippen MR) is 85.1 cm³/mol. The van der Waals surface area contributed by atoms with Crippen molar-refractivity contribution >= 4 is 23.1 Å². The average molecular weight is 294 g/mol. The summed E-state index contributed by atoms with van der Waals surface area (Å²) in [6, 6.07) is 10.9. The molecule has 0 bridgehead atoms. The molecule has 0 aliphatic carbocycles. The van der Waals surface area contributed by atoms with E-state index in [1.807, 2.05) is 19.1 Å². The molecule has 0 atom stereocenters. The maximum atomic E-state index is 11.2. The van der Waals surface area contributed by atoms with Crippen LogP contribution in [0.4, 0.5) is 11.5 Å². The zero-order valence-corrected chi connectivity index (χ0v) is 12.2. The number of aryl methyl sites for hydroxylation is 1. The number of anilines is 1. The standard InChI is InChI=1S/C16H14N4O2/c1-10-7-8-20-14(9-10)18-15(16(20)19-22)12-3-5-13(6-4-12)17-11(2)21/h3-9H,1-2H3,(H,17,21). The third-order valence-corrected chi connectivity index (χ3v) is 3.32. The van der Waals surface area contributed by atoms with Gasteiger partial charge in [0.15, 0.2) is 0 Å². The van der Waals surface area contributed by atoms with Crippen molar-refractivity contribution in [3.05, 3.63) is 53.1 Å². The lowest BCUT2D eigenvalue weighted by Gasteiger charge is -2.03. The minimum atomic E-state index is -0.133. The van der Waals surface area contributed by atoms with Gasteiger partial charge in [-0.15, -0.1) is 4.91 Å². The summed E-state index contributed by atoms with van der Waals surface area (Å²) in [4.78, 5) is 26.7. The number of pyridine rings is 1. The van der Waals surface area contributed by atoms with Crippen molar-refractivity contribution in [3.63, 3.8) is 0 Å². The summed E-state index contributed by atoms with van der Waals surface area (Å²) in [5, 5.41) is 5.81. The second kappa shape index (κ2) is 5.40. The van der Waals surface area contributed by atoms with Crippen LogP contribution in [0.3, 0.4) is 0 Å². The number of carbonyl (C=O) groups is 1. The first-order valence-corrected chi connectivity index (χ1v) is 6.78. The van der Waals surface area contributed by atoms with Gasteiger partial charge in [-0.3, -0.25) is 9.20 Å². The summed E-state index contributed by atoms with van der Waals surface area (Å²) < 4.78 is 1.66. The second-order valence-electron chi connectivity index (χ2n) is 5.07. The van der Waals surface area contributed by atoms with Gasteiger partial charge in [0, 0.05) is 24.4 Å². The molecule has 1 amide bonds. The highest BCUT2D eigenvalue weighted by Crippen LogP contribution is 2.31. The van der Waals surface area contributed by atoms with Crippen molar-refractivity contribution in [2.75, 3.05) is 5.32 Å². The first-order valence-electron chi connectivity index (χ1n) is 6.78. The third kappa shape index (κ3) is 2.46. The molecule has 0 unspecified atom stereocenters. The van der Waals surface area contributed by atoms with Gasteiger partial charge in [0.05, 0.1) is 0 Å². The van der Waals surface area contributed by atoms with Crippen LogP contribution in [0.25, 0.3) is 16.9 Å². The molecule has 0 radical (unpaired) electrons. The van der Waals surface area contributed by atoms with Gasteiger partial charge in [-0.2, -0.15) is 0 Å². The number of nitrogens with one attached hydrogen (secondary N) is 1. The van der Waals surface area contributed by atoms with Gasteiger partial charge < -0.3 is 5.32 Å². The van der Waals surface area contributed by atoms with E-state index in [1.54, 1.807) is 34.9 Å². The summed E-state index contributed by atoms with van der Waals surface area (Å²) >= 11 is 0. The van der Waals surface area contributed by atoms with Gasteiger partial charge in [0.1, 0.15) is 11.3 Å². The number of fused-ring (bicyclic) bond motifs is 1. The lowest BCUT2D eigenvalue weighted by molar-refractivity contribution is -0.114. The van der Waals surface area contributed by atoms with Crippen molar-refractivity contribution in [1.29, 1.82) is 0 Å². The van der Waals surface area contributed by atoms with Crippen molar-refractivity contribution < 1.29 is 4.79 Å². The van der Waals surface area contributed by atoms with Gasteiger partial charge >= 0.3 is 0 Å². The fourth-order valence-corrected chi connectivity index (χ4v) is 2.33. The number of benzene rings is 1. The normalized spacial score (nSPS) is 10.6. The van der Waals surface area contributed by atoms with E-state index in [-0.39, 0.29) is 11.7 Å². The van der Waals surface area contributed by atoms with Crippen LogP contribution < -0.4 is 5.32 Å². The molecule has 0 saturated carbocycles. The number of aromatic nitrogens is 2. The van der Waals surface area contributed by atoms with Crippen LogP contribution in [-0.4, -0.2) is 15.3 Å². The highest BCUT2D eigenvalue weighted by molar-refractivity contribution is 5.89. The Kier molecular flexibility index (Phi) is 3.42. The Bertz CT molecular complexity index is 866. The fraction of sp³-hybridized carbons (Fsp3) is 0.125. The Morgan fingerprint density at radius 2 is 1.95 bits per heavy atom. The van der Waals surface area contributed by atoms with E-state index in [2.05, 4.69) is 15.5 Å². The molecule has 0 aliphatic rings. The van der Waals surface area contributed by atoms with E-state index in [0.717, 1.165) is 11.1 Å². The zero-order chi connectivity index (χ0) is 15.7. The molecular formula is C16H14N4O2. The van der Waals surface area contributed by atoms with Crippen LogP contribution in [0.1, 0.15) is 12.5 Å². The van der Waals surface area contributed by atoms with Crippen LogP contribution in [0.5, 0.6) is 0 Å². The third-order valence-electron chi connectivity index (χ3n) is 3.32. The topological polar surface area (TPSA) is 75.8 Å². The summed E-state index contributed by atoms with van der Waals surface area (Å²) in [5.74, 6) is 0.133. The molecule has 0 spiro atoms. The van der Waals surface area contributed by atoms with Gasteiger partial charge in [0.2, 0.25) is 11.7 Å². The van der Waals surface area contributed by atoms with E-state index in [4.69, 9.17) is 0 Å². The Balaban J connectivity index is 2.09. The maximum absolute atomic E-state index is 11.2. The van der Waals surface area contributed by atoms with E-state index in [9.17, 15) is 9.70 Å². The Hall–Kier alpha value is -3.02. The number of hydrogen-bond acceptors (Lipinski definition) is 4. The molecule has 22 heavy (non-hydrogen) atoms. The van der Waals surface area contributed by atoms with Gasteiger partial charge in [-0.05, 0) is 41.9 Å². The van der Waals surface area contributed by atoms with Crippen molar-refractivity contribution in [2.45, 2.75) is 13.8 Å². The molecular weight excluding hydrogens is 280 g/mol. The lowest BCUT2D eigenvalue weighted by Crippen LogP contribution is -2.05. The Morgan fingerprint density at radius 3 is 2.59 bits per heavy atom. The second-order valence-corrected chi connectivity index (χ2v) is 5.07. The molecule has 110 valence electrons. The first kappa shape index (κ1) is 13.9. The van der Waals surface area contributed by atoms with Gasteiger partial charge in [-0.25, -0.2) is 4.98 Å². The lowest BCUT2D eigenvalue weighted by atomic mass is 10.1. The molecule has 2 heterocycles. The smallest absolute Gasteiger partial charge is 0.221 e. The van der Waals surface area contributed by atoms with Crippen LogP contribution in [0.2, 0.25) is 0 Å². The molecule has 0 aliphatic heterocycles.